The molecule has 0 spiro atoms. The lowest BCUT2D eigenvalue weighted by Crippen LogP contribution is -2.33. The zero-order valence-electron chi connectivity index (χ0n) is 10.0. The molecule has 0 aliphatic heterocycles. The number of hydrogen-bond acceptors (Lipinski definition) is 1. The molecule has 0 bridgehead atoms. The number of nitrogens with one attached hydrogen (secondary N) is 1. The average molecular weight is 282 g/mol. The van der Waals surface area contributed by atoms with Gasteiger partial charge in [-0.2, -0.15) is 0 Å². The van der Waals surface area contributed by atoms with E-state index in [0.717, 1.165) is 10.4 Å². The summed E-state index contributed by atoms with van der Waals surface area (Å²) in [6.07, 6.45) is 4.09. The van der Waals surface area contributed by atoms with Gasteiger partial charge in [0.1, 0.15) is 0 Å². The molecule has 0 amide bonds. The highest BCUT2D eigenvalue weighted by atomic mass is 79.9. The number of hydrogen-bond donors (Lipinski definition) is 1. The van der Waals surface area contributed by atoms with E-state index in [4.69, 9.17) is 0 Å². The number of benzene rings is 1. The van der Waals surface area contributed by atoms with Crippen LogP contribution >= 0.6 is 15.9 Å². The number of rotatable bonds is 3. The molecule has 1 aliphatic carbocycles. The summed E-state index contributed by atoms with van der Waals surface area (Å²) in [5, 5.41) is 3.75. The van der Waals surface area contributed by atoms with Gasteiger partial charge in [-0.05, 0) is 43.4 Å². The fourth-order valence-corrected chi connectivity index (χ4v) is 3.00. The first kappa shape index (κ1) is 12.1. The lowest BCUT2D eigenvalue weighted by molar-refractivity contribution is 0.388. The van der Waals surface area contributed by atoms with E-state index in [9.17, 15) is 0 Å². The predicted molar refractivity (Wildman–Crippen MR) is 72.5 cm³/mol. The van der Waals surface area contributed by atoms with Crippen LogP contribution in [0.25, 0.3) is 0 Å². The minimum absolute atomic E-state index is 0.447. The van der Waals surface area contributed by atoms with Crippen molar-refractivity contribution in [3.05, 3.63) is 34.3 Å². The van der Waals surface area contributed by atoms with Gasteiger partial charge in [0.05, 0.1) is 0 Å². The summed E-state index contributed by atoms with van der Waals surface area (Å²) in [5.41, 5.74) is 1.37. The van der Waals surface area contributed by atoms with Crippen molar-refractivity contribution in [1.29, 1.82) is 0 Å². The SMILES string of the molecule is CC(NC1CCCC1C)c1cccc(Br)c1. The second-order valence-corrected chi connectivity index (χ2v) is 5.87. The molecule has 88 valence electrons. The van der Waals surface area contributed by atoms with Gasteiger partial charge in [-0.1, -0.05) is 41.4 Å². The molecule has 1 saturated carbocycles. The minimum Gasteiger partial charge on any atom is -0.307 e. The van der Waals surface area contributed by atoms with Gasteiger partial charge in [-0.25, -0.2) is 0 Å². The van der Waals surface area contributed by atoms with Crippen LogP contribution in [0.2, 0.25) is 0 Å². The van der Waals surface area contributed by atoms with Crippen molar-refractivity contribution < 1.29 is 0 Å². The zero-order valence-corrected chi connectivity index (χ0v) is 11.6. The second kappa shape index (κ2) is 5.33. The molecule has 2 rings (SSSR count). The Labute approximate surface area is 107 Å². The van der Waals surface area contributed by atoms with Crippen LogP contribution in [0.5, 0.6) is 0 Å². The third-order valence-electron chi connectivity index (χ3n) is 3.67. The Kier molecular flexibility index (Phi) is 4.04. The molecule has 1 aliphatic rings. The van der Waals surface area contributed by atoms with Crippen LogP contribution in [0.4, 0.5) is 0 Å². The first-order valence-corrected chi connectivity index (χ1v) is 6.97. The Bertz CT molecular complexity index is 350. The standard InChI is InChI=1S/C14H20BrN/c1-10-5-3-8-14(10)16-11(2)12-6-4-7-13(15)9-12/h4,6-7,9-11,14,16H,3,5,8H2,1-2H3. The van der Waals surface area contributed by atoms with Crippen LogP contribution < -0.4 is 5.32 Å². The maximum Gasteiger partial charge on any atom is 0.0294 e. The lowest BCUT2D eigenvalue weighted by atomic mass is 10.0. The predicted octanol–water partition coefficient (Wildman–Crippen LogP) is 4.29. The van der Waals surface area contributed by atoms with Crippen molar-refractivity contribution in [2.45, 2.75) is 45.2 Å². The van der Waals surface area contributed by atoms with Crippen LogP contribution in [-0.2, 0) is 0 Å². The van der Waals surface area contributed by atoms with Gasteiger partial charge in [-0.3, -0.25) is 0 Å². The summed E-state index contributed by atoms with van der Waals surface area (Å²) in [6, 6.07) is 9.74. The Morgan fingerprint density at radius 1 is 1.38 bits per heavy atom. The van der Waals surface area contributed by atoms with Crippen molar-refractivity contribution in [3.8, 4) is 0 Å². The highest BCUT2D eigenvalue weighted by molar-refractivity contribution is 9.10. The van der Waals surface area contributed by atoms with Crippen molar-refractivity contribution in [1.82, 2.24) is 5.32 Å². The summed E-state index contributed by atoms with van der Waals surface area (Å²) in [6.45, 7) is 4.62. The van der Waals surface area contributed by atoms with Gasteiger partial charge in [0.2, 0.25) is 0 Å². The Hall–Kier alpha value is -0.340. The van der Waals surface area contributed by atoms with Crippen LogP contribution in [0, 0.1) is 5.92 Å². The smallest absolute Gasteiger partial charge is 0.0294 e. The Morgan fingerprint density at radius 3 is 2.81 bits per heavy atom. The van der Waals surface area contributed by atoms with E-state index >= 15 is 0 Å². The van der Waals surface area contributed by atoms with Crippen molar-refractivity contribution >= 4 is 15.9 Å². The summed E-state index contributed by atoms with van der Waals surface area (Å²) >= 11 is 3.53. The molecule has 0 aromatic heterocycles. The van der Waals surface area contributed by atoms with Gasteiger partial charge in [0.25, 0.3) is 0 Å². The molecule has 1 N–H and O–H groups in total. The van der Waals surface area contributed by atoms with Crippen molar-refractivity contribution in [2.24, 2.45) is 5.92 Å². The lowest BCUT2D eigenvalue weighted by Gasteiger charge is -2.23. The summed E-state index contributed by atoms with van der Waals surface area (Å²) in [4.78, 5) is 0. The second-order valence-electron chi connectivity index (χ2n) is 4.96. The molecule has 3 atom stereocenters. The molecule has 1 nitrogen and oxygen atoms in total. The van der Waals surface area contributed by atoms with E-state index < -0.39 is 0 Å². The molecule has 16 heavy (non-hydrogen) atoms. The van der Waals surface area contributed by atoms with Crippen LogP contribution in [0.1, 0.15) is 44.7 Å². The summed E-state index contributed by atoms with van der Waals surface area (Å²) in [5.74, 6) is 0.828. The molecule has 0 saturated heterocycles. The quantitative estimate of drug-likeness (QED) is 0.872. The average Bonchev–Trinajstić information content (AvgIpc) is 2.64. The van der Waals surface area contributed by atoms with E-state index in [1.807, 2.05) is 0 Å². The van der Waals surface area contributed by atoms with E-state index in [0.29, 0.717) is 12.1 Å². The molecule has 2 heteroatoms. The third-order valence-corrected chi connectivity index (χ3v) is 4.17. The highest BCUT2D eigenvalue weighted by Crippen LogP contribution is 2.27. The van der Waals surface area contributed by atoms with Gasteiger partial charge in [-0.15, -0.1) is 0 Å². The van der Waals surface area contributed by atoms with Crippen LogP contribution in [0.3, 0.4) is 0 Å². The molecule has 1 aromatic rings. The normalized spacial score (nSPS) is 26.9. The molecular formula is C14H20BrN. The largest absolute Gasteiger partial charge is 0.307 e. The fourth-order valence-electron chi connectivity index (χ4n) is 2.59. The summed E-state index contributed by atoms with van der Waals surface area (Å²) in [7, 11) is 0. The summed E-state index contributed by atoms with van der Waals surface area (Å²) < 4.78 is 1.16. The van der Waals surface area contributed by atoms with E-state index in [-0.39, 0.29) is 0 Å². The first-order valence-electron chi connectivity index (χ1n) is 6.18. The van der Waals surface area contributed by atoms with E-state index in [1.54, 1.807) is 0 Å². The molecule has 3 unspecified atom stereocenters. The van der Waals surface area contributed by atoms with Crippen LogP contribution in [-0.4, -0.2) is 6.04 Å². The molecule has 0 heterocycles. The van der Waals surface area contributed by atoms with Gasteiger partial charge in [0.15, 0.2) is 0 Å². The maximum absolute atomic E-state index is 3.75. The Balaban J connectivity index is 1.99. The maximum atomic E-state index is 3.75. The third kappa shape index (κ3) is 2.86. The van der Waals surface area contributed by atoms with Gasteiger partial charge >= 0.3 is 0 Å². The Morgan fingerprint density at radius 2 is 2.19 bits per heavy atom. The van der Waals surface area contributed by atoms with E-state index in [1.165, 1.54) is 24.8 Å². The molecule has 1 aromatic carbocycles. The monoisotopic (exact) mass is 281 g/mol. The van der Waals surface area contributed by atoms with Gasteiger partial charge < -0.3 is 5.32 Å². The van der Waals surface area contributed by atoms with Gasteiger partial charge in [0, 0.05) is 16.6 Å². The molecule has 1 fully saturated rings. The molecular weight excluding hydrogens is 262 g/mol. The molecule has 0 radical (unpaired) electrons. The number of halogens is 1. The zero-order chi connectivity index (χ0) is 11.5. The fraction of sp³-hybridized carbons (Fsp3) is 0.571. The van der Waals surface area contributed by atoms with Crippen molar-refractivity contribution in [2.75, 3.05) is 0 Å². The van der Waals surface area contributed by atoms with E-state index in [2.05, 4.69) is 59.4 Å². The topological polar surface area (TPSA) is 12.0 Å². The first-order chi connectivity index (χ1) is 7.66. The van der Waals surface area contributed by atoms with Crippen LogP contribution in [0.15, 0.2) is 28.7 Å². The minimum atomic E-state index is 0.447. The van der Waals surface area contributed by atoms with Crippen molar-refractivity contribution in [3.63, 3.8) is 0 Å². The highest BCUT2D eigenvalue weighted by Gasteiger charge is 2.24.